The molecule has 1 fully saturated rings. The van der Waals surface area contributed by atoms with Gasteiger partial charge in [-0.25, -0.2) is 4.90 Å². The number of imide groups is 1. The summed E-state index contributed by atoms with van der Waals surface area (Å²) in [5.41, 5.74) is 1.80. The van der Waals surface area contributed by atoms with Crippen LogP contribution in [0.2, 0.25) is 20.1 Å². The van der Waals surface area contributed by atoms with Gasteiger partial charge in [0.25, 0.3) is 11.1 Å². The van der Waals surface area contributed by atoms with Gasteiger partial charge in [-0.3, -0.25) is 9.59 Å². The lowest BCUT2D eigenvalue weighted by atomic mass is 10.2. The lowest BCUT2D eigenvalue weighted by Gasteiger charge is -2.12. The van der Waals surface area contributed by atoms with E-state index in [4.69, 9.17) is 51.1 Å². The van der Waals surface area contributed by atoms with Crippen LogP contribution in [0.25, 0.3) is 6.08 Å². The molecule has 4 nitrogen and oxygen atoms in total. The topological polar surface area (TPSA) is 46.6 Å². The smallest absolute Gasteiger partial charge is 0.298 e. The summed E-state index contributed by atoms with van der Waals surface area (Å²) in [5.74, 6) is -0.120. The molecule has 0 saturated carbocycles. The van der Waals surface area contributed by atoms with Gasteiger partial charge in [0, 0.05) is 15.6 Å². The molecule has 0 atom stereocenters. The summed E-state index contributed by atoms with van der Waals surface area (Å²) in [5, 5.41) is 1.14. The van der Waals surface area contributed by atoms with Gasteiger partial charge in [-0.1, -0.05) is 70.7 Å². The van der Waals surface area contributed by atoms with Crippen LogP contribution in [-0.4, -0.2) is 11.1 Å². The van der Waals surface area contributed by atoms with Crippen LogP contribution in [0, 0.1) is 0 Å². The van der Waals surface area contributed by atoms with E-state index >= 15 is 0 Å². The van der Waals surface area contributed by atoms with Crippen molar-refractivity contribution in [3.8, 4) is 5.75 Å². The third kappa shape index (κ3) is 4.92. The van der Waals surface area contributed by atoms with E-state index in [9.17, 15) is 9.59 Å². The summed E-state index contributed by atoms with van der Waals surface area (Å²) in [6.07, 6.45) is 1.57. The zero-order valence-electron chi connectivity index (χ0n) is 16.2. The Kier molecular flexibility index (Phi) is 7.03. The normalized spacial score (nSPS) is 15.0. The monoisotopic (exact) mass is 523 g/mol. The Balaban J connectivity index is 1.55. The van der Waals surface area contributed by atoms with Gasteiger partial charge in [0.15, 0.2) is 5.75 Å². The van der Waals surface area contributed by atoms with Gasteiger partial charge in [0.05, 0.1) is 20.6 Å². The fraction of sp³-hybridized carbons (Fsp3) is 0.0435. The molecular weight excluding hydrogens is 512 g/mol. The quantitative estimate of drug-likeness (QED) is 0.316. The minimum atomic E-state index is -0.406. The first-order chi connectivity index (χ1) is 15.3. The van der Waals surface area contributed by atoms with Crippen LogP contribution in [0.4, 0.5) is 10.5 Å². The van der Waals surface area contributed by atoms with E-state index in [-0.39, 0.29) is 32.5 Å². The summed E-state index contributed by atoms with van der Waals surface area (Å²) in [7, 11) is 0. The molecule has 1 aliphatic heterocycles. The first kappa shape index (κ1) is 23.0. The lowest BCUT2D eigenvalue weighted by molar-refractivity contribution is -0.113. The van der Waals surface area contributed by atoms with E-state index in [1.165, 1.54) is 0 Å². The highest BCUT2D eigenvalue weighted by Crippen LogP contribution is 2.39. The fourth-order valence-electron chi connectivity index (χ4n) is 3.01. The number of para-hydroxylation sites is 1. The second-order valence-electron chi connectivity index (χ2n) is 6.69. The van der Waals surface area contributed by atoms with Crippen LogP contribution >= 0.6 is 58.2 Å². The van der Waals surface area contributed by atoms with Crippen LogP contribution in [0.5, 0.6) is 5.75 Å². The number of halogens is 4. The van der Waals surface area contributed by atoms with E-state index in [2.05, 4.69) is 0 Å². The minimum Gasteiger partial charge on any atom is -0.486 e. The Morgan fingerprint density at radius 3 is 2.22 bits per heavy atom. The molecule has 1 saturated heterocycles. The van der Waals surface area contributed by atoms with Crippen molar-refractivity contribution in [2.75, 3.05) is 4.90 Å². The predicted molar refractivity (Wildman–Crippen MR) is 132 cm³/mol. The zero-order valence-corrected chi connectivity index (χ0v) is 20.0. The summed E-state index contributed by atoms with van der Waals surface area (Å²) >= 11 is 25.7. The predicted octanol–water partition coefficient (Wildman–Crippen LogP) is 8.12. The van der Waals surface area contributed by atoms with E-state index in [1.54, 1.807) is 60.7 Å². The average molecular weight is 525 g/mol. The lowest BCUT2D eigenvalue weighted by Crippen LogP contribution is -2.27. The van der Waals surface area contributed by atoms with Gasteiger partial charge in [-0.2, -0.15) is 0 Å². The summed E-state index contributed by atoms with van der Waals surface area (Å²) in [4.78, 5) is 26.6. The molecule has 0 unspecified atom stereocenters. The number of benzene rings is 3. The molecule has 4 rings (SSSR count). The van der Waals surface area contributed by atoms with Gasteiger partial charge in [-0.15, -0.1) is 0 Å². The highest BCUT2D eigenvalue weighted by atomic mass is 35.5. The number of hydrogen-bond acceptors (Lipinski definition) is 4. The van der Waals surface area contributed by atoms with Crippen LogP contribution in [0.3, 0.4) is 0 Å². The highest BCUT2D eigenvalue weighted by molar-refractivity contribution is 8.19. The summed E-state index contributed by atoms with van der Waals surface area (Å²) in [6.45, 7) is 0.144. The van der Waals surface area contributed by atoms with Gasteiger partial charge in [0.2, 0.25) is 0 Å². The van der Waals surface area contributed by atoms with Crippen LogP contribution in [0.15, 0.2) is 65.6 Å². The SMILES string of the molecule is O=C1S/C(=C\c2cc(Cl)c(OCc3ccc(Cl)cc3Cl)c(Cl)c2)C(=O)N1c1ccccc1. The number of amides is 2. The van der Waals surface area contributed by atoms with Crippen molar-refractivity contribution in [1.82, 2.24) is 0 Å². The first-order valence-corrected chi connectivity index (χ1v) is 11.5. The van der Waals surface area contributed by atoms with Crippen molar-refractivity contribution in [2.24, 2.45) is 0 Å². The highest BCUT2D eigenvalue weighted by Gasteiger charge is 2.36. The van der Waals surface area contributed by atoms with Gasteiger partial charge in [0.1, 0.15) is 6.61 Å². The maximum Gasteiger partial charge on any atom is 0.298 e. The van der Waals surface area contributed by atoms with Crippen LogP contribution in [0.1, 0.15) is 11.1 Å². The van der Waals surface area contributed by atoms with Crippen molar-refractivity contribution in [2.45, 2.75) is 6.61 Å². The molecule has 0 bridgehead atoms. The van der Waals surface area contributed by atoms with Crippen molar-refractivity contribution in [1.29, 1.82) is 0 Å². The maximum absolute atomic E-state index is 12.8. The molecule has 0 spiro atoms. The van der Waals surface area contributed by atoms with E-state index in [1.807, 2.05) is 6.07 Å². The molecule has 32 heavy (non-hydrogen) atoms. The molecule has 1 heterocycles. The molecule has 3 aromatic carbocycles. The van der Waals surface area contributed by atoms with Crippen molar-refractivity contribution in [3.63, 3.8) is 0 Å². The number of carbonyl (C=O) groups excluding carboxylic acids is 2. The number of nitrogens with zero attached hydrogens (tertiary/aromatic N) is 1. The van der Waals surface area contributed by atoms with Crippen LogP contribution < -0.4 is 9.64 Å². The molecule has 162 valence electrons. The number of anilines is 1. The third-order valence-corrected chi connectivity index (χ3v) is 6.53. The molecule has 2 amide bonds. The maximum atomic E-state index is 12.8. The average Bonchev–Trinajstić information content (AvgIpc) is 3.02. The standard InChI is InChI=1S/C23H13Cl4NO3S/c24-15-7-6-14(17(25)11-15)12-31-21-18(26)8-13(9-19(21)27)10-20-22(29)28(23(30)32-20)16-4-2-1-3-5-16/h1-11H,12H2/b20-10-. The largest absolute Gasteiger partial charge is 0.486 e. The molecule has 0 aliphatic carbocycles. The number of rotatable bonds is 5. The number of thioether (sulfide) groups is 1. The van der Waals surface area contributed by atoms with E-state index in [0.717, 1.165) is 22.2 Å². The first-order valence-electron chi connectivity index (χ1n) is 9.22. The number of ether oxygens (including phenoxy) is 1. The molecule has 1 aliphatic rings. The zero-order chi connectivity index (χ0) is 22.8. The summed E-state index contributed by atoms with van der Waals surface area (Å²) < 4.78 is 5.77. The second-order valence-corrected chi connectivity index (χ2v) is 9.34. The summed E-state index contributed by atoms with van der Waals surface area (Å²) in [6, 6.07) is 17.0. The van der Waals surface area contributed by atoms with Gasteiger partial charge >= 0.3 is 0 Å². The van der Waals surface area contributed by atoms with Crippen molar-refractivity contribution >= 4 is 81.1 Å². The Hall–Kier alpha value is -2.15. The fourth-order valence-corrected chi connectivity index (χ4v) is 4.93. The molecule has 3 aromatic rings. The molecule has 9 heteroatoms. The molecule has 0 radical (unpaired) electrons. The third-order valence-electron chi connectivity index (χ3n) is 4.51. The Morgan fingerprint density at radius 1 is 0.875 bits per heavy atom. The molecular formula is C23H13Cl4NO3S. The number of hydrogen-bond donors (Lipinski definition) is 0. The van der Waals surface area contributed by atoms with E-state index in [0.29, 0.717) is 21.3 Å². The minimum absolute atomic E-state index is 0.144. The van der Waals surface area contributed by atoms with Crippen molar-refractivity contribution < 1.29 is 14.3 Å². The number of carbonyl (C=O) groups is 2. The van der Waals surface area contributed by atoms with Crippen LogP contribution in [-0.2, 0) is 11.4 Å². The van der Waals surface area contributed by atoms with Crippen molar-refractivity contribution in [3.05, 3.63) is 96.8 Å². The Labute approximate surface area is 208 Å². The Morgan fingerprint density at radius 2 is 1.56 bits per heavy atom. The Bertz CT molecular complexity index is 1220. The van der Waals surface area contributed by atoms with Gasteiger partial charge in [-0.05, 0) is 59.8 Å². The molecule has 0 N–H and O–H groups in total. The van der Waals surface area contributed by atoms with Gasteiger partial charge < -0.3 is 4.74 Å². The molecule has 0 aromatic heterocycles. The second kappa shape index (κ2) is 9.77. The van der Waals surface area contributed by atoms with E-state index < -0.39 is 5.91 Å².